The molecule has 0 aliphatic carbocycles. The van der Waals surface area contributed by atoms with Crippen molar-refractivity contribution in [2.45, 2.75) is 0 Å². The smallest absolute Gasteiger partial charge is 0.354 e. The summed E-state index contributed by atoms with van der Waals surface area (Å²) in [6.07, 6.45) is 4.26. The number of aromatic carboxylic acids is 1. The van der Waals surface area contributed by atoms with Crippen LogP contribution >= 0.6 is 0 Å². The number of rotatable bonds is 2. The fourth-order valence-electron chi connectivity index (χ4n) is 1.11. The van der Waals surface area contributed by atoms with E-state index in [0.29, 0.717) is 5.69 Å². The van der Waals surface area contributed by atoms with Crippen molar-refractivity contribution in [3.8, 4) is 11.5 Å². The lowest BCUT2D eigenvalue weighted by Gasteiger charge is -1.99. The van der Waals surface area contributed by atoms with Crippen LogP contribution in [0.15, 0.2) is 29.5 Å². The standard InChI is InChI=1S/C9H6N4O3/c14-7-3-5(9(15)16)12-8(13-7)6-4-10-1-2-11-6/h1-4H,(H,15,16)(H,12,13,14). The van der Waals surface area contributed by atoms with Gasteiger partial charge in [-0.25, -0.2) is 14.8 Å². The normalized spacial score (nSPS) is 10.0. The van der Waals surface area contributed by atoms with E-state index in [-0.39, 0.29) is 11.5 Å². The van der Waals surface area contributed by atoms with Crippen molar-refractivity contribution in [3.05, 3.63) is 40.7 Å². The summed E-state index contributed by atoms with van der Waals surface area (Å²) in [5.41, 5.74) is -0.569. The molecule has 7 nitrogen and oxygen atoms in total. The first-order chi connectivity index (χ1) is 7.66. The molecule has 80 valence electrons. The van der Waals surface area contributed by atoms with Crippen LogP contribution < -0.4 is 5.56 Å². The minimum absolute atomic E-state index is 0.0815. The maximum atomic E-state index is 11.2. The Kier molecular flexibility index (Phi) is 2.42. The summed E-state index contributed by atoms with van der Waals surface area (Å²) in [6.45, 7) is 0. The molecule has 0 unspecified atom stereocenters. The zero-order chi connectivity index (χ0) is 11.5. The molecular weight excluding hydrogens is 212 g/mol. The Balaban J connectivity index is 2.58. The van der Waals surface area contributed by atoms with Crippen LogP contribution in [0.25, 0.3) is 11.5 Å². The fraction of sp³-hybridized carbons (Fsp3) is 0. The van der Waals surface area contributed by atoms with E-state index in [1.165, 1.54) is 18.6 Å². The monoisotopic (exact) mass is 218 g/mol. The summed E-state index contributed by atoms with van der Waals surface area (Å²) in [7, 11) is 0. The highest BCUT2D eigenvalue weighted by Gasteiger charge is 2.09. The summed E-state index contributed by atoms with van der Waals surface area (Å²) in [5.74, 6) is -1.19. The van der Waals surface area contributed by atoms with Crippen molar-refractivity contribution in [2.75, 3.05) is 0 Å². The molecule has 2 heterocycles. The largest absolute Gasteiger partial charge is 0.477 e. The van der Waals surface area contributed by atoms with Crippen molar-refractivity contribution >= 4 is 5.97 Å². The maximum Gasteiger partial charge on any atom is 0.354 e. The Morgan fingerprint density at radius 2 is 2.19 bits per heavy atom. The zero-order valence-electron chi connectivity index (χ0n) is 7.91. The van der Waals surface area contributed by atoms with E-state index in [1.807, 2.05) is 0 Å². The van der Waals surface area contributed by atoms with Gasteiger partial charge in [-0.15, -0.1) is 0 Å². The average Bonchev–Trinajstić information content (AvgIpc) is 2.29. The van der Waals surface area contributed by atoms with Crippen molar-refractivity contribution < 1.29 is 9.90 Å². The molecule has 0 aliphatic heterocycles. The number of carboxylic acid groups (broad SMARTS) is 1. The number of hydrogen-bond donors (Lipinski definition) is 2. The molecule has 0 saturated carbocycles. The molecule has 2 rings (SSSR count). The van der Waals surface area contributed by atoms with Gasteiger partial charge in [0.2, 0.25) is 0 Å². The predicted molar refractivity (Wildman–Crippen MR) is 52.8 cm³/mol. The highest BCUT2D eigenvalue weighted by atomic mass is 16.4. The molecule has 0 saturated heterocycles. The lowest BCUT2D eigenvalue weighted by atomic mass is 10.3. The average molecular weight is 218 g/mol. The van der Waals surface area contributed by atoms with E-state index in [4.69, 9.17) is 5.11 Å². The van der Waals surface area contributed by atoms with Crippen LogP contribution in [0.5, 0.6) is 0 Å². The topological polar surface area (TPSA) is 109 Å². The van der Waals surface area contributed by atoms with Gasteiger partial charge in [-0.05, 0) is 0 Å². The lowest BCUT2D eigenvalue weighted by molar-refractivity contribution is 0.0690. The number of carboxylic acids is 1. The first kappa shape index (κ1) is 9.97. The zero-order valence-corrected chi connectivity index (χ0v) is 7.91. The molecular formula is C9H6N4O3. The molecule has 0 radical (unpaired) electrons. The highest BCUT2D eigenvalue weighted by Crippen LogP contribution is 2.07. The third-order valence-corrected chi connectivity index (χ3v) is 1.77. The molecule has 2 aromatic rings. The first-order valence-corrected chi connectivity index (χ1v) is 4.28. The van der Waals surface area contributed by atoms with Crippen LogP contribution in [0.4, 0.5) is 0 Å². The molecule has 0 spiro atoms. The third-order valence-electron chi connectivity index (χ3n) is 1.77. The van der Waals surface area contributed by atoms with Gasteiger partial charge in [0.1, 0.15) is 5.69 Å². The quantitative estimate of drug-likeness (QED) is 0.729. The molecule has 0 bridgehead atoms. The summed E-state index contributed by atoms with van der Waals surface area (Å²) in [6, 6.07) is 0.905. The highest BCUT2D eigenvalue weighted by molar-refractivity contribution is 5.85. The number of nitrogens with one attached hydrogen (secondary N) is 1. The molecule has 0 fully saturated rings. The van der Waals surface area contributed by atoms with Crippen molar-refractivity contribution in [3.63, 3.8) is 0 Å². The van der Waals surface area contributed by atoms with Gasteiger partial charge in [0, 0.05) is 18.5 Å². The molecule has 0 aromatic carbocycles. The van der Waals surface area contributed by atoms with Crippen LogP contribution in [0, 0.1) is 0 Å². The van der Waals surface area contributed by atoms with E-state index in [2.05, 4.69) is 19.9 Å². The second kappa shape index (κ2) is 3.89. The van der Waals surface area contributed by atoms with Crippen molar-refractivity contribution in [1.29, 1.82) is 0 Å². The lowest BCUT2D eigenvalue weighted by Crippen LogP contribution is -2.14. The van der Waals surface area contributed by atoms with Crippen LogP contribution in [0.3, 0.4) is 0 Å². The van der Waals surface area contributed by atoms with Crippen molar-refractivity contribution in [1.82, 2.24) is 19.9 Å². The Morgan fingerprint density at radius 1 is 1.38 bits per heavy atom. The molecule has 0 amide bonds. The van der Waals surface area contributed by atoms with Gasteiger partial charge >= 0.3 is 5.97 Å². The fourth-order valence-corrected chi connectivity index (χ4v) is 1.11. The van der Waals surface area contributed by atoms with Gasteiger partial charge in [-0.3, -0.25) is 9.78 Å². The molecule has 0 atom stereocenters. The summed E-state index contributed by atoms with van der Waals surface area (Å²) in [5, 5.41) is 8.73. The first-order valence-electron chi connectivity index (χ1n) is 4.28. The summed E-state index contributed by atoms with van der Waals surface area (Å²) in [4.78, 5) is 35.7. The van der Waals surface area contributed by atoms with E-state index in [9.17, 15) is 9.59 Å². The summed E-state index contributed by atoms with van der Waals surface area (Å²) < 4.78 is 0. The molecule has 2 N–H and O–H groups in total. The summed E-state index contributed by atoms with van der Waals surface area (Å²) >= 11 is 0. The van der Waals surface area contributed by atoms with Gasteiger partial charge in [0.15, 0.2) is 11.5 Å². The maximum absolute atomic E-state index is 11.2. The number of aromatic nitrogens is 4. The second-order valence-electron chi connectivity index (χ2n) is 2.88. The van der Waals surface area contributed by atoms with E-state index < -0.39 is 11.5 Å². The number of aromatic amines is 1. The van der Waals surface area contributed by atoms with E-state index >= 15 is 0 Å². The Labute approximate surface area is 88.8 Å². The number of carbonyl (C=O) groups is 1. The van der Waals surface area contributed by atoms with Crippen molar-refractivity contribution in [2.24, 2.45) is 0 Å². The van der Waals surface area contributed by atoms with Crippen LogP contribution in [-0.4, -0.2) is 31.0 Å². The molecule has 0 aliphatic rings. The minimum Gasteiger partial charge on any atom is -0.477 e. The van der Waals surface area contributed by atoms with Gasteiger partial charge < -0.3 is 10.1 Å². The van der Waals surface area contributed by atoms with Gasteiger partial charge in [0.25, 0.3) is 5.56 Å². The van der Waals surface area contributed by atoms with E-state index in [1.54, 1.807) is 0 Å². The minimum atomic E-state index is -1.27. The molecule has 7 heteroatoms. The number of hydrogen-bond acceptors (Lipinski definition) is 5. The SMILES string of the molecule is O=C(O)c1cc(=O)[nH]c(-c2cnccn2)n1. The van der Waals surface area contributed by atoms with Crippen LogP contribution in [0.1, 0.15) is 10.5 Å². The van der Waals surface area contributed by atoms with Gasteiger partial charge in [-0.1, -0.05) is 0 Å². The second-order valence-corrected chi connectivity index (χ2v) is 2.88. The third kappa shape index (κ3) is 1.92. The Hall–Kier alpha value is -2.57. The Morgan fingerprint density at radius 3 is 2.81 bits per heavy atom. The van der Waals surface area contributed by atoms with Gasteiger partial charge in [-0.2, -0.15) is 0 Å². The van der Waals surface area contributed by atoms with Crippen LogP contribution in [-0.2, 0) is 0 Å². The number of nitrogens with zero attached hydrogens (tertiary/aromatic N) is 3. The predicted octanol–water partition coefficient (Wildman–Crippen LogP) is -0.0749. The molecule has 2 aromatic heterocycles. The van der Waals surface area contributed by atoms with Gasteiger partial charge in [0.05, 0.1) is 6.20 Å². The Bertz CT molecular complexity index is 579. The molecule has 16 heavy (non-hydrogen) atoms. The van der Waals surface area contributed by atoms with E-state index in [0.717, 1.165) is 6.07 Å². The van der Waals surface area contributed by atoms with Crippen LogP contribution in [0.2, 0.25) is 0 Å². The number of H-pyrrole nitrogens is 1.